The van der Waals surface area contributed by atoms with E-state index in [1.165, 1.54) is 7.05 Å². The van der Waals surface area contributed by atoms with Crippen molar-refractivity contribution in [3.63, 3.8) is 0 Å². The first-order chi connectivity index (χ1) is 7.78. The monoisotopic (exact) mass is 257 g/mol. The van der Waals surface area contributed by atoms with Crippen LogP contribution in [0.5, 0.6) is 0 Å². The maximum absolute atomic E-state index is 12.0. The van der Waals surface area contributed by atoms with Crippen LogP contribution in [0, 0.1) is 6.92 Å². The number of hydrogen-bond donors (Lipinski definition) is 1. The molecule has 0 saturated carbocycles. The number of aliphatic carboxylic acids is 1. The predicted molar refractivity (Wildman–Crippen MR) is 65.6 cm³/mol. The summed E-state index contributed by atoms with van der Waals surface area (Å²) in [6.07, 6.45) is 0. The van der Waals surface area contributed by atoms with E-state index in [0.717, 1.165) is 16.8 Å². The quantitative estimate of drug-likeness (QED) is 0.880. The zero-order valence-electron chi connectivity index (χ0n) is 9.91. The fourth-order valence-electron chi connectivity index (χ4n) is 1.42. The van der Waals surface area contributed by atoms with Gasteiger partial charge in [0.1, 0.15) is 0 Å². The van der Waals surface area contributed by atoms with Crippen molar-refractivity contribution in [3.05, 3.63) is 29.8 Å². The molecule has 0 radical (unpaired) electrons. The zero-order valence-corrected chi connectivity index (χ0v) is 10.7. The highest BCUT2D eigenvalue weighted by Gasteiger charge is 2.32. The molecule has 0 aromatic heterocycles. The Balaban J connectivity index is 3.18. The van der Waals surface area contributed by atoms with Gasteiger partial charge in [0, 0.05) is 7.05 Å². The van der Waals surface area contributed by atoms with Crippen LogP contribution in [-0.2, 0) is 14.8 Å². The number of nitrogens with zero attached hydrogens (tertiary/aromatic N) is 1. The van der Waals surface area contributed by atoms with Crippen molar-refractivity contribution in [1.82, 2.24) is 0 Å². The molecule has 0 spiro atoms. The Morgan fingerprint density at radius 3 is 2.35 bits per heavy atom. The molecule has 0 bridgehead atoms. The number of rotatable bonds is 4. The van der Waals surface area contributed by atoms with Crippen LogP contribution in [0.25, 0.3) is 0 Å². The summed E-state index contributed by atoms with van der Waals surface area (Å²) >= 11 is 0. The average Bonchev–Trinajstić information content (AvgIpc) is 2.27. The zero-order chi connectivity index (χ0) is 13.2. The van der Waals surface area contributed by atoms with Gasteiger partial charge in [-0.2, -0.15) is 0 Å². The second kappa shape index (κ2) is 4.75. The molecule has 0 fully saturated rings. The molecule has 0 aliphatic heterocycles. The summed E-state index contributed by atoms with van der Waals surface area (Å²) in [4.78, 5) is 10.8. The second-order valence-electron chi connectivity index (χ2n) is 3.78. The lowest BCUT2D eigenvalue weighted by atomic mass is 10.2. The van der Waals surface area contributed by atoms with Gasteiger partial charge >= 0.3 is 5.97 Å². The second-order valence-corrected chi connectivity index (χ2v) is 6.06. The number of carboxylic acids is 1. The third-order valence-corrected chi connectivity index (χ3v) is 4.69. The molecule has 0 heterocycles. The van der Waals surface area contributed by atoms with E-state index in [4.69, 9.17) is 5.11 Å². The number of carboxylic acid groups (broad SMARTS) is 1. The van der Waals surface area contributed by atoms with Crippen LogP contribution >= 0.6 is 0 Å². The summed E-state index contributed by atoms with van der Waals surface area (Å²) in [6, 6.07) is 6.91. The van der Waals surface area contributed by atoms with Crippen molar-refractivity contribution < 1.29 is 18.3 Å². The van der Waals surface area contributed by atoms with Crippen molar-refractivity contribution in [2.75, 3.05) is 11.4 Å². The van der Waals surface area contributed by atoms with E-state index in [1.807, 2.05) is 0 Å². The normalized spacial score (nSPS) is 13.1. The maximum Gasteiger partial charge on any atom is 0.323 e. The minimum absolute atomic E-state index is 0.487. The Morgan fingerprint density at radius 1 is 1.35 bits per heavy atom. The first kappa shape index (κ1) is 13.5. The van der Waals surface area contributed by atoms with Crippen molar-refractivity contribution in [3.8, 4) is 0 Å². The predicted octanol–water partition coefficient (Wildman–Crippen LogP) is 1.23. The molecular weight excluding hydrogens is 242 g/mol. The Hall–Kier alpha value is -1.56. The van der Waals surface area contributed by atoms with Crippen LogP contribution in [-0.4, -0.2) is 31.8 Å². The largest absolute Gasteiger partial charge is 0.480 e. The van der Waals surface area contributed by atoms with Crippen molar-refractivity contribution >= 4 is 21.7 Å². The summed E-state index contributed by atoms with van der Waals surface area (Å²) in [6.45, 7) is 2.93. The van der Waals surface area contributed by atoms with Gasteiger partial charge in [0.2, 0.25) is 10.0 Å². The Bertz CT molecular complexity index is 524. The van der Waals surface area contributed by atoms with Gasteiger partial charge in [-0.1, -0.05) is 18.2 Å². The van der Waals surface area contributed by atoms with E-state index in [2.05, 4.69) is 0 Å². The molecule has 0 saturated heterocycles. The summed E-state index contributed by atoms with van der Waals surface area (Å²) in [5.74, 6) is -1.36. The van der Waals surface area contributed by atoms with Gasteiger partial charge in [0.15, 0.2) is 5.25 Å². The van der Waals surface area contributed by atoms with Gasteiger partial charge in [0.05, 0.1) is 5.69 Å². The first-order valence-corrected chi connectivity index (χ1v) is 6.55. The maximum atomic E-state index is 12.0. The van der Waals surface area contributed by atoms with Crippen LogP contribution in [0.1, 0.15) is 12.5 Å². The molecule has 6 heteroatoms. The Morgan fingerprint density at radius 2 is 1.88 bits per heavy atom. The third-order valence-electron chi connectivity index (χ3n) is 2.63. The number of para-hydroxylation sites is 1. The van der Waals surface area contributed by atoms with Crippen LogP contribution < -0.4 is 4.31 Å². The van der Waals surface area contributed by atoms with Crippen LogP contribution in [0.4, 0.5) is 5.69 Å². The number of anilines is 1. The fourth-order valence-corrected chi connectivity index (χ4v) is 2.63. The molecule has 5 nitrogen and oxygen atoms in total. The topological polar surface area (TPSA) is 74.7 Å². The van der Waals surface area contributed by atoms with Gasteiger partial charge in [-0.25, -0.2) is 8.42 Å². The average molecular weight is 257 g/mol. The number of hydrogen-bond acceptors (Lipinski definition) is 3. The van der Waals surface area contributed by atoms with Crippen molar-refractivity contribution in [2.24, 2.45) is 0 Å². The van der Waals surface area contributed by atoms with Gasteiger partial charge in [-0.05, 0) is 25.5 Å². The SMILES string of the molecule is Cc1ccccc1N(C)S(=O)(=O)C(C)C(=O)O. The molecule has 1 unspecified atom stereocenters. The molecular formula is C11H15NO4S. The van der Waals surface area contributed by atoms with E-state index in [0.29, 0.717) is 5.69 Å². The summed E-state index contributed by atoms with van der Waals surface area (Å²) in [5, 5.41) is 7.31. The highest BCUT2D eigenvalue weighted by atomic mass is 32.2. The lowest BCUT2D eigenvalue weighted by Gasteiger charge is -2.23. The van der Waals surface area contributed by atoms with E-state index in [1.54, 1.807) is 31.2 Å². The Labute approximate surface area is 101 Å². The molecule has 0 aliphatic carbocycles. The third kappa shape index (κ3) is 2.58. The molecule has 0 aliphatic rings. The minimum Gasteiger partial charge on any atom is -0.480 e. The fraction of sp³-hybridized carbons (Fsp3) is 0.364. The van der Waals surface area contributed by atoms with E-state index in [-0.39, 0.29) is 0 Å². The molecule has 1 N–H and O–H groups in total. The van der Waals surface area contributed by atoms with Gasteiger partial charge in [-0.15, -0.1) is 0 Å². The Kier molecular flexibility index (Phi) is 3.77. The number of carbonyl (C=O) groups is 1. The van der Waals surface area contributed by atoms with Crippen molar-refractivity contribution in [1.29, 1.82) is 0 Å². The number of aryl methyl sites for hydroxylation is 1. The molecule has 1 aromatic rings. The summed E-state index contributed by atoms with van der Waals surface area (Å²) in [7, 11) is -2.52. The molecule has 0 amide bonds. The minimum atomic E-state index is -3.88. The molecule has 1 rings (SSSR count). The molecule has 1 aromatic carbocycles. The number of sulfonamides is 1. The molecule has 94 valence electrons. The standard InChI is InChI=1S/C11H15NO4S/c1-8-6-4-5-7-10(8)12(3)17(15,16)9(2)11(13)14/h4-7,9H,1-3H3,(H,13,14). The van der Waals surface area contributed by atoms with Gasteiger partial charge < -0.3 is 5.11 Å². The summed E-state index contributed by atoms with van der Waals surface area (Å²) in [5.41, 5.74) is 1.26. The number of benzene rings is 1. The van der Waals surface area contributed by atoms with E-state index >= 15 is 0 Å². The highest BCUT2D eigenvalue weighted by Crippen LogP contribution is 2.22. The van der Waals surface area contributed by atoms with Crippen LogP contribution in [0.3, 0.4) is 0 Å². The lowest BCUT2D eigenvalue weighted by Crippen LogP contribution is -2.39. The molecule has 17 heavy (non-hydrogen) atoms. The van der Waals surface area contributed by atoms with E-state index in [9.17, 15) is 13.2 Å². The highest BCUT2D eigenvalue weighted by molar-refractivity contribution is 7.94. The van der Waals surface area contributed by atoms with Gasteiger partial charge in [0.25, 0.3) is 0 Å². The van der Waals surface area contributed by atoms with Crippen molar-refractivity contribution in [2.45, 2.75) is 19.1 Å². The van der Waals surface area contributed by atoms with Gasteiger partial charge in [-0.3, -0.25) is 9.10 Å². The lowest BCUT2D eigenvalue weighted by molar-refractivity contribution is -0.136. The van der Waals surface area contributed by atoms with Crippen LogP contribution in [0.2, 0.25) is 0 Å². The van der Waals surface area contributed by atoms with Crippen LogP contribution in [0.15, 0.2) is 24.3 Å². The first-order valence-electron chi connectivity index (χ1n) is 5.04. The molecule has 1 atom stereocenters. The van der Waals surface area contributed by atoms with E-state index < -0.39 is 21.2 Å². The summed E-state index contributed by atoms with van der Waals surface area (Å²) < 4.78 is 25.0. The smallest absolute Gasteiger partial charge is 0.323 e.